The highest BCUT2D eigenvalue weighted by Gasteiger charge is 1.99. The maximum Gasteiger partial charge on any atom is 0.191 e. The summed E-state index contributed by atoms with van der Waals surface area (Å²) < 4.78 is 10.8. The molecule has 0 unspecified atom stereocenters. The number of thiophene rings is 1. The third-order valence-corrected chi connectivity index (χ3v) is 4.18. The summed E-state index contributed by atoms with van der Waals surface area (Å²) in [4.78, 5) is 4.21. The molecule has 25 heavy (non-hydrogen) atoms. The Morgan fingerprint density at radius 1 is 1.12 bits per heavy atom. The van der Waals surface area contributed by atoms with Gasteiger partial charge >= 0.3 is 0 Å². The van der Waals surface area contributed by atoms with Gasteiger partial charge in [-0.3, -0.25) is 4.99 Å². The van der Waals surface area contributed by atoms with E-state index in [1.807, 2.05) is 24.3 Å². The Morgan fingerprint density at radius 2 is 1.92 bits per heavy atom. The molecular formula is C18H26IN3O2S. The van der Waals surface area contributed by atoms with Gasteiger partial charge in [0.15, 0.2) is 5.96 Å². The second kappa shape index (κ2) is 13.0. The molecule has 0 atom stereocenters. The van der Waals surface area contributed by atoms with Crippen LogP contribution in [-0.2, 0) is 17.9 Å². The molecule has 2 rings (SSSR count). The van der Waals surface area contributed by atoms with E-state index in [-0.39, 0.29) is 24.0 Å². The number of halogens is 1. The predicted octanol–water partition coefficient (Wildman–Crippen LogP) is 3.65. The number of guanidine groups is 1. The number of rotatable bonds is 9. The van der Waals surface area contributed by atoms with E-state index in [0.717, 1.165) is 36.8 Å². The summed E-state index contributed by atoms with van der Waals surface area (Å²) in [6.07, 6.45) is 0.926. The van der Waals surface area contributed by atoms with Crippen LogP contribution < -0.4 is 15.4 Å². The van der Waals surface area contributed by atoms with E-state index in [4.69, 9.17) is 9.47 Å². The molecule has 1 heterocycles. The van der Waals surface area contributed by atoms with Gasteiger partial charge in [0.1, 0.15) is 5.75 Å². The quantitative estimate of drug-likeness (QED) is 0.252. The van der Waals surface area contributed by atoms with Gasteiger partial charge in [-0.1, -0.05) is 12.1 Å². The van der Waals surface area contributed by atoms with Gasteiger partial charge in [-0.05, 0) is 46.5 Å². The standard InChI is InChI=1S/C18H25N3O2S.HI/c1-19-18(21-12-16-8-11-24-14-16)20-9-3-10-23-13-15-4-6-17(22-2)7-5-15;/h4-8,11,14H,3,9-10,12-13H2,1-2H3,(H2,19,20,21);1H. The molecule has 0 radical (unpaired) electrons. The molecule has 0 saturated heterocycles. The maximum atomic E-state index is 5.69. The highest BCUT2D eigenvalue weighted by molar-refractivity contribution is 14.0. The zero-order valence-corrected chi connectivity index (χ0v) is 17.8. The molecule has 1 aromatic heterocycles. The fourth-order valence-electron chi connectivity index (χ4n) is 2.09. The second-order valence-electron chi connectivity index (χ2n) is 5.24. The van der Waals surface area contributed by atoms with Crippen LogP contribution in [0.3, 0.4) is 0 Å². The summed E-state index contributed by atoms with van der Waals surface area (Å²) in [5.74, 6) is 1.68. The minimum atomic E-state index is 0. The van der Waals surface area contributed by atoms with Crippen LogP contribution in [0, 0.1) is 0 Å². The van der Waals surface area contributed by atoms with Crippen LogP contribution >= 0.6 is 35.3 Å². The molecule has 0 spiro atoms. The van der Waals surface area contributed by atoms with Crippen molar-refractivity contribution >= 4 is 41.3 Å². The Hall–Kier alpha value is -1.32. The lowest BCUT2D eigenvalue weighted by molar-refractivity contribution is 0.119. The van der Waals surface area contributed by atoms with E-state index >= 15 is 0 Å². The van der Waals surface area contributed by atoms with Crippen molar-refractivity contribution in [2.75, 3.05) is 27.3 Å². The van der Waals surface area contributed by atoms with Gasteiger partial charge in [0, 0.05) is 26.7 Å². The molecule has 7 heteroatoms. The Bertz CT molecular complexity index is 603. The molecule has 0 amide bonds. The van der Waals surface area contributed by atoms with Crippen molar-refractivity contribution in [1.82, 2.24) is 10.6 Å². The minimum Gasteiger partial charge on any atom is -0.497 e. The van der Waals surface area contributed by atoms with E-state index < -0.39 is 0 Å². The summed E-state index contributed by atoms with van der Waals surface area (Å²) in [7, 11) is 3.45. The first-order valence-corrected chi connectivity index (χ1v) is 8.92. The molecule has 2 aromatic rings. The molecule has 1 aromatic carbocycles. The number of aliphatic imine (C=N–C) groups is 1. The molecule has 0 aliphatic rings. The van der Waals surface area contributed by atoms with Crippen LogP contribution in [0.5, 0.6) is 5.75 Å². The van der Waals surface area contributed by atoms with Crippen molar-refractivity contribution in [1.29, 1.82) is 0 Å². The maximum absolute atomic E-state index is 5.69. The molecule has 0 saturated carbocycles. The topological polar surface area (TPSA) is 54.9 Å². The van der Waals surface area contributed by atoms with Gasteiger partial charge in [0.25, 0.3) is 0 Å². The van der Waals surface area contributed by atoms with Crippen molar-refractivity contribution in [3.05, 3.63) is 52.2 Å². The lowest BCUT2D eigenvalue weighted by atomic mass is 10.2. The third kappa shape index (κ3) is 8.55. The number of nitrogens with one attached hydrogen (secondary N) is 2. The minimum absolute atomic E-state index is 0. The Labute approximate surface area is 170 Å². The molecule has 5 nitrogen and oxygen atoms in total. The Balaban J connectivity index is 0.00000312. The van der Waals surface area contributed by atoms with Gasteiger partial charge in [-0.15, -0.1) is 24.0 Å². The van der Waals surface area contributed by atoms with E-state index in [0.29, 0.717) is 13.2 Å². The van der Waals surface area contributed by atoms with Gasteiger partial charge in [-0.2, -0.15) is 11.3 Å². The Kier molecular flexibility index (Phi) is 11.3. The zero-order valence-electron chi connectivity index (χ0n) is 14.7. The first kappa shape index (κ1) is 21.7. The molecule has 2 N–H and O–H groups in total. The third-order valence-electron chi connectivity index (χ3n) is 3.45. The van der Waals surface area contributed by atoms with Crippen LogP contribution in [0.4, 0.5) is 0 Å². The van der Waals surface area contributed by atoms with Gasteiger partial charge in [0.05, 0.1) is 13.7 Å². The van der Waals surface area contributed by atoms with E-state index in [1.54, 1.807) is 25.5 Å². The zero-order chi connectivity index (χ0) is 17.0. The largest absolute Gasteiger partial charge is 0.497 e. The number of ether oxygens (including phenoxy) is 2. The normalized spacial score (nSPS) is 10.9. The van der Waals surface area contributed by atoms with Crippen LogP contribution in [0.1, 0.15) is 17.5 Å². The average Bonchev–Trinajstić information content (AvgIpc) is 3.14. The highest BCUT2D eigenvalue weighted by atomic mass is 127. The highest BCUT2D eigenvalue weighted by Crippen LogP contribution is 2.11. The molecule has 138 valence electrons. The van der Waals surface area contributed by atoms with E-state index in [1.165, 1.54) is 5.56 Å². The van der Waals surface area contributed by atoms with Crippen molar-refractivity contribution in [2.45, 2.75) is 19.6 Å². The Morgan fingerprint density at radius 3 is 2.56 bits per heavy atom. The van der Waals surface area contributed by atoms with Crippen molar-refractivity contribution in [3.8, 4) is 5.75 Å². The summed E-state index contributed by atoms with van der Waals surface area (Å²) in [6.45, 7) is 2.94. The lowest BCUT2D eigenvalue weighted by Gasteiger charge is -2.11. The average molecular weight is 475 g/mol. The first-order chi connectivity index (χ1) is 11.8. The smallest absolute Gasteiger partial charge is 0.191 e. The number of nitrogens with zero attached hydrogens (tertiary/aromatic N) is 1. The molecule has 0 fully saturated rings. The first-order valence-electron chi connectivity index (χ1n) is 7.98. The predicted molar refractivity (Wildman–Crippen MR) is 115 cm³/mol. The fourth-order valence-corrected chi connectivity index (χ4v) is 2.76. The number of methoxy groups -OCH3 is 1. The summed E-state index contributed by atoms with van der Waals surface area (Å²) in [6, 6.07) is 10.0. The van der Waals surface area contributed by atoms with Crippen molar-refractivity contribution in [2.24, 2.45) is 4.99 Å². The monoisotopic (exact) mass is 475 g/mol. The van der Waals surface area contributed by atoms with Crippen molar-refractivity contribution in [3.63, 3.8) is 0 Å². The fraction of sp³-hybridized carbons (Fsp3) is 0.389. The van der Waals surface area contributed by atoms with Crippen molar-refractivity contribution < 1.29 is 9.47 Å². The van der Waals surface area contributed by atoms with Crippen LogP contribution in [-0.4, -0.2) is 33.3 Å². The second-order valence-corrected chi connectivity index (χ2v) is 6.02. The SMILES string of the molecule is CN=C(NCCCOCc1ccc(OC)cc1)NCc1ccsc1.I. The lowest BCUT2D eigenvalue weighted by Crippen LogP contribution is -2.37. The number of hydrogen-bond acceptors (Lipinski definition) is 4. The molecular weight excluding hydrogens is 449 g/mol. The van der Waals surface area contributed by atoms with Gasteiger partial charge in [0.2, 0.25) is 0 Å². The summed E-state index contributed by atoms with van der Waals surface area (Å²) in [5, 5.41) is 10.8. The van der Waals surface area contributed by atoms with E-state index in [9.17, 15) is 0 Å². The summed E-state index contributed by atoms with van der Waals surface area (Å²) >= 11 is 1.70. The number of benzene rings is 1. The molecule has 0 aliphatic heterocycles. The van der Waals surface area contributed by atoms with Gasteiger partial charge in [-0.25, -0.2) is 0 Å². The van der Waals surface area contributed by atoms with Gasteiger partial charge < -0.3 is 20.1 Å². The molecule has 0 bridgehead atoms. The van der Waals surface area contributed by atoms with Crippen LogP contribution in [0.25, 0.3) is 0 Å². The molecule has 0 aliphatic carbocycles. The van der Waals surface area contributed by atoms with E-state index in [2.05, 4.69) is 32.5 Å². The summed E-state index contributed by atoms with van der Waals surface area (Å²) in [5.41, 5.74) is 2.42. The van der Waals surface area contributed by atoms with Crippen LogP contribution in [0.2, 0.25) is 0 Å². The van der Waals surface area contributed by atoms with Crippen LogP contribution in [0.15, 0.2) is 46.1 Å². The number of hydrogen-bond donors (Lipinski definition) is 2.